The molecule has 2 aromatic carbocycles. The average Bonchev–Trinajstić information content (AvgIpc) is 3.15. The van der Waals surface area contributed by atoms with Gasteiger partial charge in [-0.2, -0.15) is 13.2 Å². The number of rotatable bonds is 6. The summed E-state index contributed by atoms with van der Waals surface area (Å²) in [6, 6.07) is 16.4. The van der Waals surface area contributed by atoms with Gasteiger partial charge in [0.2, 0.25) is 5.82 Å². The minimum Gasteiger partial charge on any atom is -0.496 e. The fourth-order valence-electron chi connectivity index (χ4n) is 3.00. The minimum atomic E-state index is -4.71. The van der Waals surface area contributed by atoms with E-state index in [9.17, 15) is 13.2 Å². The first-order valence-electron chi connectivity index (χ1n) is 9.04. The van der Waals surface area contributed by atoms with Gasteiger partial charge in [0.1, 0.15) is 5.75 Å². The number of alkyl halides is 3. The van der Waals surface area contributed by atoms with Crippen LogP contribution in [-0.4, -0.2) is 32.1 Å². The maximum atomic E-state index is 13.4. The third kappa shape index (κ3) is 4.02. The zero-order valence-electron chi connectivity index (χ0n) is 15.9. The number of anilines is 1. The van der Waals surface area contributed by atoms with Crippen LogP contribution in [0, 0.1) is 0 Å². The molecule has 0 spiro atoms. The van der Waals surface area contributed by atoms with Gasteiger partial charge in [0, 0.05) is 12.1 Å². The summed E-state index contributed by atoms with van der Waals surface area (Å²) in [5.41, 5.74) is 1.79. The van der Waals surface area contributed by atoms with E-state index < -0.39 is 12.0 Å². The summed E-state index contributed by atoms with van der Waals surface area (Å²) < 4.78 is 46.9. The van der Waals surface area contributed by atoms with Crippen LogP contribution in [0.4, 0.5) is 19.0 Å². The topological polar surface area (TPSA) is 77.8 Å². The highest BCUT2D eigenvalue weighted by Gasteiger charge is 2.36. The van der Waals surface area contributed by atoms with Crippen LogP contribution in [0.15, 0.2) is 54.6 Å². The Morgan fingerprint density at radius 2 is 1.73 bits per heavy atom. The van der Waals surface area contributed by atoms with Crippen LogP contribution in [0.1, 0.15) is 17.0 Å². The van der Waals surface area contributed by atoms with E-state index in [2.05, 4.69) is 25.6 Å². The predicted molar refractivity (Wildman–Crippen MR) is 104 cm³/mol. The lowest BCUT2D eigenvalue weighted by Gasteiger charge is -2.12. The van der Waals surface area contributed by atoms with E-state index in [1.165, 1.54) is 11.8 Å². The molecular formula is C20H17F3N6O. The van der Waals surface area contributed by atoms with Gasteiger partial charge in [0.05, 0.1) is 13.7 Å². The van der Waals surface area contributed by atoms with Crippen molar-refractivity contribution in [2.24, 2.45) is 0 Å². The molecule has 0 radical (unpaired) electrons. The van der Waals surface area contributed by atoms with Crippen molar-refractivity contribution in [3.05, 3.63) is 71.5 Å². The fourth-order valence-corrected chi connectivity index (χ4v) is 3.00. The SMILES string of the molecule is COc1ccccc1CNc1nc(C(F)(F)F)nc2c1nnn2Cc1ccccc1. The highest BCUT2D eigenvalue weighted by molar-refractivity contribution is 5.82. The van der Waals surface area contributed by atoms with E-state index in [1.807, 2.05) is 42.5 Å². The standard InChI is InChI=1S/C20H17F3N6O/c1-30-15-10-6-5-9-14(15)11-24-17-16-18(26-19(25-17)20(21,22)23)29(28-27-16)12-13-7-3-2-4-8-13/h2-10H,11-12H2,1H3,(H,24,25,26). The summed E-state index contributed by atoms with van der Waals surface area (Å²) in [5.74, 6) is -0.689. The number of hydrogen-bond donors (Lipinski definition) is 1. The Kier molecular flexibility index (Phi) is 5.21. The normalized spacial score (nSPS) is 11.6. The fraction of sp³-hybridized carbons (Fsp3) is 0.200. The Morgan fingerprint density at radius 3 is 2.47 bits per heavy atom. The average molecular weight is 414 g/mol. The monoisotopic (exact) mass is 414 g/mol. The maximum Gasteiger partial charge on any atom is 0.451 e. The molecule has 4 aromatic rings. The van der Waals surface area contributed by atoms with Crippen LogP contribution in [0.25, 0.3) is 11.2 Å². The third-order valence-corrected chi connectivity index (χ3v) is 4.43. The lowest BCUT2D eigenvalue weighted by atomic mass is 10.2. The number of ether oxygens (including phenoxy) is 1. The molecule has 0 amide bonds. The van der Waals surface area contributed by atoms with Gasteiger partial charge in [-0.1, -0.05) is 53.7 Å². The van der Waals surface area contributed by atoms with Crippen molar-refractivity contribution in [1.29, 1.82) is 0 Å². The number of aromatic nitrogens is 5. The van der Waals surface area contributed by atoms with Gasteiger partial charge < -0.3 is 10.1 Å². The number of benzene rings is 2. The van der Waals surface area contributed by atoms with Crippen LogP contribution < -0.4 is 10.1 Å². The van der Waals surface area contributed by atoms with Crippen molar-refractivity contribution in [2.45, 2.75) is 19.3 Å². The third-order valence-electron chi connectivity index (χ3n) is 4.43. The van der Waals surface area contributed by atoms with Gasteiger partial charge in [0.15, 0.2) is 17.0 Å². The molecular weight excluding hydrogens is 397 g/mol. The summed E-state index contributed by atoms with van der Waals surface area (Å²) in [5, 5.41) is 10.9. The Bertz CT molecular complexity index is 1160. The van der Waals surface area contributed by atoms with Gasteiger partial charge in [0.25, 0.3) is 0 Å². The van der Waals surface area contributed by atoms with Gasteiger partial charge in [-0.25, -0.2) is 14.6 Å². The highest BCUT2D eigenvalue weighted by Crippen LogP contribution is 2.30. The van der Waals surface area contributed by atoms with Gasteiger partial charge >= 0.3 is 6.18 Å². The van der Waals surface area contributed by atoms with Gasteiger partial charge in [-0.3, -0.25) is 0 Å². The summed E-state index contributed by atoms with van der Waals surface area (Å²) in [7, 11) is 1.53. The predicted octanol–water partition coefficient (Wildman–Crippen LogP) is 3.91. The zero-order chi connectivity index (χ0) is 21.1. The summed E-state index contributed by atoms with van der Waals surface area (Å²) in [6.07, 6.45) is -4.71. The first kappa shape index (κ1) is 19.6. The number of nitrogens with one attached hydrogen (secondary N) is 1. The van der Waals surface area contributed by atoms with Gasteiger partial charge in [-0.15, -0.1) is 5.10 Å². The van der Waals surface area contributed by atoms with E-state index in [1.54, 1.807) is 12.1 Å². The van der Waals surface area contributed by atoms with Crippen molar-refractivity contribution in [2.75, 3.05) is 12.4 Å². The minimum absolute atomic E-state index is 0.00343. The molecule has 2 aromatic heterocycles. The number of para-hydroxylation sites is 1. The molecule has 10 heteroatoms. The molecule has 154 valence electrons. The Morgan fingerprint density at radius 1 is 1.00 bits per heavy atom. The first-order chi connectivity index (χ1) is 14.5. The molecule has 0 aliphatic heterocycles. The second-order valence-electron chi connectivity index (χ2n) is 6.46. The van der Waals surface area contributed by atoms with E-state index in [4.69, 9.17) is 4.74 Å². The Labute approximate surface area is 169 Å². The highest BCUT2D eigenvalue weighted by atomic mass is 19.4. The second kappa shape index (κ2) is 7.97. The Hall–Kier alpha value is -3.69. The van der Waals surface area contributed by atoms with E-state index in [0.29, 0.717) is 5.75 Å². The molecule has 0 aliphatic rings. The molecule has 2 heterocycles. The number of methoxy groups -OCH3 is 1. The van der Waals surface area contributed by atoms with Crippen molar-refractivity contribution in [3.8, 4) is 5.75 Å². The molecule has 7 nitrogen and oxygen atoms in total. The molecule has 1 N–H and O–H groups in total. The Balaban J connectivity index is 1.73. The molecule has 0 bridgehead atoms. The number of halogens is 3. The quantitative estimate of drug-likeness (QED) is 0.516. The first-order valence-corrected chi connectivity index (χ1v) is 9.04. The number of fused-ring (bicyclic) bond motifs is 1. The van der Waals surface area contributed by atoms with Crippen molar-refractivity contribution in [3.63, 3.8) is 0 Å². The molecule has 0 atom stereocenters. The van der Waals surface area contributed by atoms with Crippen molar-refractivity contribution in [1.82, 2.24) is 25.0 Å². The van der Waals surface area contributed by atoms with E-state index in [0.717, 1.165) is 11.1 Å². The number of hydrogen-bond acceptors (Lipinski definition) is 6. The lowest BCUT2D eigenvalue weighted by Crippen LogP contribution is -2.15. The molecule has 0 fully saturated rings. The van der Waals surface area contributed by atoms with Crippen LogP contribution in [-0.2, 0) is 19.3 Å². The largest absolute Gasteiger partial charge is 0.496 e. The summed E-state index contributed by atoms with van der Waals surface area (Å²) >= 11 is 0. The summed E-state index contributed by atoms with van der Waals surface area (Å²) in [4.78, 5) is 7.35. The molecule has 30 heavy (non-hydrogen) atoms. The lowest BCUT2D eigenvalue weighted by molar-refractivity contribution is -0.144. The van der Waals surface area contributed by atoms with Crippen LogP contribution >= 0.6 is 0 Å². The van der Waals surface area contributed by atoms with Gasteiger partial charge in [-0.05, 0) is 11.6 Å². The molecule has 4 rings (SSSR count). The van der Waals surface area contributed by atoms with Crippen LogP contribution in [0.2, 0.25) is 0 Å². The second-order valence-corrected chi connectivity index (χ2v) is 6.46. The van der Waals surface area contributed by atoms with Crippen molar-refractivity contribution >= 4 is 17.0 Å². The van der Waals surface area contributed by atoms with Crippen LogP contribution in [0.3, 0.4) is 0 Å². The smallest absolute Gasteiger partial charge is 0.451 e. The molecule has 0 saturated carbocycles. The zero-order valence-corrected chi connectivity index (χ0v) is 15.9. The molecule has 0 saturated heterocycles. The van der Waals surface area contributed by atoms with Crippen molar-refractivity contribution < 1.29 is 17.9 Å². The van der Waals surface area contributed by atoms with E-state index in [-0.39, 0.29) is 30.1 Å². The van der Waals surface area contributed by atoms with E-state index >= 15 is 0 Å². The maximum absolute atomic E-state index is 13.4. The van der Waals surface area contributed by atoms with Crippen LogP contribution in [0.5, 0.6) is 5.75 Å². The molecule has 0 unspecified atom stereocenters. The summed E-state index contributed by atoms with van der Waals surface area (Å²) in [6.45, 7) is 0.427. The number of nitrogens with zero attached hydrogens (tertiary/aromatic N) is 5. The molecule has 0 aliphatic carbocycles.